The molecule has 0 spiro atoms. The van der Waals surface area contributed by atoms with Crippen LogP contribution in [0.5, 0.6) is 0 Å². The Morgan fingerprint density at radius 1 is 1.00 bits per heavy atom. The number of hydrogen-bond donors (Lipinski definition) is 0. The van der Waals surface area contributed by atoms with Crippen molar-refractivity contribution in [2.75, 3.05) is 6.61 Å². The van der Waals surface area contributed by atoms with Crippen molar-refractivity contribution in [1.29, 1.82) is 0 Å². The lowest BCUT2D eigenvalue weighted by atomic mass is 9.90. The molecule has 1 saturated carbocycles. The maximum atomic E-state index is 12.2. The Kier molecular flexibility index (Phi) is 11.3. The zero-order valence-corrected chi connectivity index (χ0v) is 17.8. The van der Waals surface area contributed by atoms with Crippen molar-refractivity contribution >= 4 is 11.9 Å². The maximum absolute atomic E-state index is 12.2. The monoisotopic (exact) mass is 392 g/mol. The topological polar surface area (TPSA) is 52.6 Å². The van der Waals surface area contributed by atoms with E-state index in [-0.39, 0.29) is 18.0 Å². The van der Waals surface area contributed by atoms with Gasteiger partial charge in [-0.1, -0.05) is 44.8 Å². The Morgan fingerprint density at radius 2 is 1.79 bits per heavy atom. The molecule has 2 atom stereocenters. The molecule has 4 heteroatoms. The van der Waals surface area contributed by atoms with Gasteiger partial charge in [-0.05, 0) is 69.6 Å². The van der Waals surface area contributed by atoms with Crippen molar-refractivity contribution in [3.8, 4) is 0 Å². The van der Waals surface area contributed by atoms with Gasteiger partial charge in [-0.2, -0.15) is 0 Å². The van der Waals surface area contributed by atoms with Crippen molar-refractivity contribution in [2.45, 2.75) is 109 Å². The predicted molar refractivity (Wildman–Crippen MR) is 112 cm³/mol. The molecule has 0 N–H and O–H groups in total. The van der Waals surface area contributed by atoms with Crippen LogP contribution in [0.3, 0.4) is 0 Å². The van der Waals surface area contributed by atoms with Gasteiger partial charge in [-0.3, -0.25) is 9.59 Å². The lowest BCUT2D eigenvalue weighted by Crippen LogP contribution is -2.20. The fourth-order valence-electron chi connectivity index (χ4n) is 4.37. The van der Waals surface area contributed by atoms with Gasteiger partial charge >= 0.3 is 11.9 Å². The van der Waals surface area contributed by atoms with Gasteiger partial charge in [0.05, 0.1) is 6.61 Å². The second-order valence-corrected chi connectivity index (χ2v) is 8.64. The molecule has 2 aliphatic carbocycles. The first-order chi connectivity index (χ1) is 13.7. The highest BCUT2D eigenvalue weighted by atomic mass is 16.5. The third-order valence-electron chi connectivity index (χ3n) is 6.09. The summed E-state index contributed by atoms with van der Waals surface area (Å²) < 4.78 is 11.1. The molecule has 2 unspecified atom stereocenters. The molecule has 4 nitrogen and oxygen atoms in total. The normalized spacial score (nSPS) is 21.2. The van der Waals surface area contributed by atoms with Crippen LogP contribution in [-0.4, -0.2) is 24.6 Å². The minimum atomic E-state index is -0.174. The first-order valence-corrected chi connectivity index (χ1v) is 11.7. The zero-order valence-electron chi connectivity index (χ0n) is 17.8. The van der Waals surface area contributed by atoms with Crippen LogP contribution in [0.4, 0.5) is 0 Å². The summed E-state index contributed by atoms with van der Waals surface area (Å²) in [5.74, 6) is 0.840. The van der Waals surface area contributed by atoms with Crippen molar-refractivity contribution in [3.63, 3.8) is 0 Å². The Balaban J connectivity index is 1.57. The molecular weight excluding hydrogens is 352 g/mol. The lowest BCUT2D eigenvalue weighted by Gasteiger charge is -2.21. The molecule has 28 heavy (non-hydrogen) atoms. The highest BCUT2D eigenvalue weighted by Crippen LogP contribution is 2.25. The summed E-state index contributed by atoms with van der Waals surface area (Å²) in [5.41, 5.74) is 0. The predicted octanol–water partition coefficient (Wildman–Crippen LogP) is 6.13. The number of allylic oxidation sites excluding steroid dienone is 2. The van der Waals surface area contributed by atoms with E-state index < -0.39 is 0 Å². The molecule has 0 saturated heterocycles. The van der Waals surface area contributed by atoms with Gasteiger partial charge in [-0.25, -0.2) is 0 Å². The van der Waals surface area contributed by atoms with Crippen molar-refractivity contribution < 1.29 is 19.1 Å². The number of ether oxygens (including phenoxy) is 2. The van der Waals surface area contributed by atoms with Gasteiger partial charge < -0.3 is 9.47 Å². The molecule has 0 aromatic heterocycles. The van der Waals surface area contributed by atoms with Crippen molar-refractivity contribution in [2.24, 2.45) is 11.8 Å². The van der Waals surface area contributed by atoms with E-state index in [1.165, 1.54) is 51.4 Å². The third-order valence-corrected chi connectivity index (χ3v) is 6.09. The van der Waals surface area contributed by atoms with Crippen LogP contribution in [0.2, 0.25) is 0 Å². The summed E-state index contributed by atoms with van der Waals surface area (Å²) in [6.07, 6.45) is 19.6. The van der Waals surface area contributed by atoms with Crippen LogP contribution >= 0.6 is 0 Å². The van der Waals surface area contributed by atoms with Gasteiger partial charge in [0, 0.05) is 12.8 Å². The van der Waals surface area contributed by atoms with Crippen LogP contribution in [0.15, 0.2) is 12.2 Å². The fourth-order valence-corrected chi connectivity index (χ4v) is 4.37. The highest BCUT2D eigenvalue weighted by molar-refractivity contribution is 5.72. The average Bonchev–Trinajstić information content (AvgIpc) is 2.72. The Labute approximate surface area is 171 Å². The summed E-state index contributed by atoms with van der Waals surface area (Å²) in [4.78, 5) is 24.1. The summed E-state index contributed by atoms with van der Waals surface area (Å²) in [6, 6.07) is 0. The second-order valence-electron chi connectivity index (χ2n) is 8.64. The largest absolute Gasteiger partial charge is 0.465 e. The van der Waals surface area contributed by atoms with Gasteiger partial charge in [0.1, 0.15) is 6.10 Å². The quantitative estimate of drug-likeness (QED) is 0.296. The minimum absolute atomic E-state index is 0.0195. The first-order valence-electron chi connectivity index (χ1n) is 11.7. The van der Waals surface area contributed by atoms with Crippen molar-refractivity contribution in [3.05, 3.63) is 12.2 Å². The van der Waals surface area contributed by atoms with Gasteiger partial charge in [0.25, 0.3) is 0 Å². The minimum Gasteiger partial charge on any atom is -0.465 e. The second kappa shape index (κ2) is 13.8. The van der Waals surface area contributed by atoms with Crippen LogP contribution in [0, 0.1) is 11.8 Å². The number of rotatable bonds is 12. The standard InChI is InChI=1S/C24H40O4/c1-2-10-22(18-17-20-11-5-3-6-12-20)28-24(26)16-9-15-23(25)27-19-21-13-7-4-8-14-21/h5,11,20-22H,2-4,6-10,12-19H2,1H3. The summed E-state index contributed by atoms with van der Waals surface area (Å²) in [5, 5.41) is 0. The summed E-state index contributed by atoms with van der Waals surface area (Å²) in [7, 11) is 0. The number of esters is 2. The number of hydrogen-bond acceptors (Lipinski definition) is 4. The van der Waals surface area contributed by atoms with E-state index in [2.05, 4.69) is 19.1 Å². The molecule has 0 amide bonds. The molecule has 1 fully saturated rings. The van der Waals surface area contributed by atoms with Gasteiger partial charge in [-0.15, -0.1) is 0 Å². The third kappa shape index (κ3) is 9.75. The van der Waals surface area contributed by atoms with E-state index in [1.54, 1.807) is 0 Å². The first kappa shape index (κ1) is 23.0. The van der Waals surface area contributed by atoms with Gasteiger partial charge in [0.15, 0.2) is 0 Å². The number of carbonyl (C=O) groups excluding carboxylic acids is 2. The molecule has 0 aromatic carbocycles. The van der Waals surface area contributed by atoms with E-state index in [0.717, 1.165) is 25.7 Å². The molecule has 0 bridgehead atoms. The molecular formula is C24H40O4. The Bertz CT molecular complexity index is 479. The summed E-state index contributed by atoms with van der Waals surface area (Å²) >= 11 is 0. The lowest BCUT2D eigenvalue weighted by molar-refractivity contribution is -0.150. The fraction of sp³-hybridized carbons (Fsp3) is 0.833. The van der Waals surface area contributed by atoms with Gasteiger partial charge in [0.2, 0.25) is 0 Å². The van der Waals surface area contributed by atoms with E-state index in [4.69, 9.17) is 9.47 Å². The molecule has 0 heterocycles. The summed E-state index contributed by atoms with van der Waals surface area (Å²) in [6.45, 7) is 2.68. The SMILES string of the molecule is CCCC(CCC1C=CCCC1)OC(=O)CCCC(=O)OCC1CCCCC1. The van der Waals surface area contributed by atoms with Crippen LogP contribution in [0.25, 0.3) is 0 Å². The van der Waals surface area contributed by atoms with Crippen LogP contribution in [-0.2, 0) is 19.1 Å². The molecule has 2 aliphatic rings. The molecule has 0 aliphatic heterocycles. The average molecular weight is 393 g/mol. The van der Waals surface area contributed by atoms with Crippen molar-refractivity contribution in [1.82, 2.24) is 0 Å². The number of carbonyl (C=O) groups is 2. The van der Waals surface area contributed by atoms with E-state index in [9.17, 15) is 9.59 Å². The molecule has 2 rings (SSSR count). The highest BCUT2D eigenvalue weighted by Gasteiger charge is 2.18. The maximum Gasteiger partial charge on any atom is 0.306 e. The molecule has 0 radical (unpaired) electrons. The molecule has 0 aromatic rings. The Hall–Kier alpha value is -1.32. The Morgan fingerprint density at radius 3 is 2.50 bits per heavy atom. The van der Waals surface area contributed by atoms with Crippen LogP contribution < -0.4 is 0 Å². The van der Waals surface area contributed by atoms with E-state index in [0.29, 0.717) is 37.7 Å². The van der Waals surface area contributed by atoms with E-state index in [1.807, 2.05) is 0 Å². The van der Waals surface area contributed by atoms with Crippen LogP contribution in [0.1, 0.15) is 103 Å². The smallest absolute Gasteiger partial charge is 0.306 e. The van der Waals surface area contributed by atoms with E-state index >= 15 is 0 Å². The molecule has 160 valence electrons. The zero-order chi connectivity index (χ0) is 20.0.